The van der Waals surface area contributed by atoms with E-state index in [1.807, 2.05) is 32.6 Å². The minimum absolute atomic E-state index is 0.0559. The van der Waals surface area contributed by atoms with Gasteiger partial charge in [0, 0.05) is 12.1 Å². The average molecular weight is 272 g/mol. The second kappa shape index (κ2) is 6.23. The third-order valence-electron chi connectivity index (χ3n) is 3.09. The number of ether oxygens (including phenoxy) is 1. The van der Waals surface area contributed by atoms with Crippen LogP contribution < -0.4 is 5.32 Å². The van der Waals surface area contributed by atoms with E-state index in [-0.39, 0.29) is 18.6 Å². The number of likely N-dealkylation sites (N-methyl/N-ethyl adjacent to an activating group) is 1. The zero-order valence-corrected chi connectivity index (χ0v) is 12.1. The molecule has 1 aliphatic carbocycles. The third kappa shape index (κ3) is 5.46. The molecular weight excluding hydrogens is 248 g/mol. The first kappa shape index (κ1) is 15.8. The zero-order valence-electron chi connectivity index (χ0n) is 12.1. The van der Waals surface area contributed by atoms with Crippen molar-refractivity contribution in [2.24, 2.45) is 0 Å². The molecule has 6 heteroatoms. The Labute approximate surface area is 114 Å². The van der Waals surface area contributed by atoms with Crippen molar-refractivity contribution < 1.29 is 19.4 Å². The molecule has 1 aliphatic rings. The van der Waals surface area contributed by atoms with E-state index >= 15 is 0 Å². The van der Waals surface area contributed by atoms with Crippen LogP contribution in [0.5, 0.6) is 0 Å². The van der Waals surface area contributed by atoms with Crippen LogP contribution in [0.25, 0.3) is 0 Å². The van der Waals surface area contributed by atoms with Gasteiger partial charge in [0.2, 0.25) is 0 Å². The Balaban J connectivity index is 2.29. The van der Waals surface area contributed by atoms with Gasteiger partial charge in [0.25, 0.3) is 0 Å². The van der Waals surface area contributed by atoms with E-state index in [2.05, 4.69) is 5.32 Å². The van der Waals surface area contributed by atoms with E-state index in [0.717, 1.165) is 12.8 Å². The highest BCUT2D eigenvalue weighted by atomic mass is 16.6. The number of hydrogen-bond acceptors (Lipinski definition) is 4. The van der Waals surface area contributed by atoms with Gasteiger partial charge in [-0.3, -0.25) is 9.69 Å². The van der Waals surface area contributed by atoms with Crippen LogP contribution in [-0.2, 0) is 9.53 Å². The summed E-state index contributed by atoms with van der Waals surface area (Å²) in [6, 6.07) is 0.323. The van der Waals surface area contributed by atoms with Crippen molar-refractivity contribution in [1.29, 1.82) is 0 Å². The third-order valence-corrected chi connectivity index (χ3v) is 3.09. The van der Waals surface area contributed by atoms with Crippen molar-refractivity contribution >= 4 is 12.1 Å². The Morgan fingerprint density at radius 1 is 1.37 bits per heavy atom. The highest BCUT2D eigenvalue weighted by Gasteiger charge is 2.35. The molecule has 6 nitrogen and oxygen atoms in total. The molecule has 0 atom stereocenters. The first-order valence-corrected chi connectivity index (χ1v) is 6.66. The van der Waals surface area contributed by atoms with E-state index in [4.69, 9.17) is 9.84 Å². The Hall–Kier alpha value is -1.30. The van der Waals surface area contributed by atoms with Gasteiger partial charge in [-0.1, -0.05) is 6.92 Å². The summed E-state index contributed by atoms with van der Waals surface area (Å²) in [4.78, 5) is 24.2. The van der Waals surface area contributed by atoms with E-state index in [0.29, 0.717) is 6.54 Å². The van der Waals surface area contributed by atoms with Crippen LogP contribution in [0.1, 0.15) is 40.5 Å². The minimum Gasteiger partial charge on any atom is -0.480 e. The average Bonchev–Trinajstić information content (AvgIpc) is 2.17. The first-order chi connectivity index (χ1) is 8.71. The molecule has 0 saturated heterocycles. The van der Waals surface area contributed by atoms with Gasteiger partial charge in [-0.25, -0.2) is 4.79 Å². The lowest BCUT2D eigenvalue weighted by Crippen LogP contribution is -2.55. The molecule has 1 saturated carbocycles. The van der Waals surface area contributed by atoms with Gasteiger partial charge in [-0.15, -0.1) is 0 Å². The summed E-state index contributed by atoms with van der Waals surface area (Å²) >= 11 is 0. The van der Waals surface area contributed by atoms with Crippen molar-refractivity contribution in [1.82, 2.24) is 10.2 Å². The number of amides is 1. The van der Waals surface area contributed by atoms with Crippen LogP contribution >= 0.6 is 0 Å². The van der Waals surface area contributed by atoms with Crippen LogP contribution in [-0.4, -0.2) is 52.8 Å². The van der Waals surface area contributed by atoms with Gasteiger partial charge in [0.1, 0.15) is 5.60 Å². The van der Waals surface area contributed by atoms with Crippen molar-refractivity contribution in [3.05, 3.63) is 0 Å². The maximum Gasteiger partial charge on any atom is 0.407 e. The van der Waals surface area contributed by atoms with Gasteiger partial charge in [-0.05, 0) is 40.2 Å². The molecule has 19 heavy (non-hydrogen) atoms. The number of carbonyl (C=O) groups excluding carboxylic acids is 1. The first-order valence-electron chi connectivity index (χ1n) is 6.66. The smallest absolute Gasteiger partial charge is 0.407 e. The molecule has 0 aliphatic heterocycles. The van der Waals surface area contributed by atoms with Crippen LogP contribution in [0.15, 0.2) is 0 Å². The van der Waals surface area contributed by atoms with E-state index < -0.39 is 17.7 Å². The lowest BCUT2D eigenvalue weighted by Gasteiger charge is -2.42. The van der Waals surface area contributed by atoms with Gasteiger partial charge in [0.05, 0.1) is 6.54 Å². The van der Waals surface area contributed by atoms with Crippen molar-refractivity contribution in [3.8, 4) is 0 Å². The molecule has 0 aromatic carbocycles. The second-order valence-electron chi connectivity index (χ2n) is 5.93. The summed E-state index contributed by atoms with van der Waals surface area (Å²) in [6.45, 7) is 8.17. The molecule has 1 fully saturated rings. The standard InChI is InChI=1S/C13H24N2O4/c1-5-15(8-11(16)17)10-6-9(7-10)14-12(18)19-13(2,3)4/h9-10H,5-8H2,1-4H3,(H,14,18)(H,16,17). The SMILES string of the molecule is CCN(CC(=O)O)C1CC(NC(=O)OC(C)(C)C)C1. The number of rotatable bonds is 5. The van der Waals surface area contributed by atoms with Gasteiger partial charge in [-0.2, -0.15) is 0 Å². The summed E-state index contributed by atoms with van der Waals surface area (Å²) in [5.74, 6) is -0.814. The molecular formula is C13H24N2O4. The van der Waals surface area contributed by atoms with Gasteiger partial charge in [0.15, 0.2) is 0 Å². The number of carboxylic acid groups (broad SMARTS) is 1. The molecule has 0 spiro atoms. The van der Waals surface area contributed by atoms with Crippen molar-refractivity contribution in [2.75, 3.05) is 13.1 Å². The molecule has 0 radical (unpaired) electrons. The fourth-order valence-electron chi connectivity index (χ4n) is 2.15. The number of nitrogens with zero attached hydrogens (tertiary/aromatic N) is 1. The van der Waals surface area contributed by atoms with E-state index in [9.17, 15) is 9.59 Å². The Morgan fingerprint density at radius 3 is 2.37 bits per heavy atom. The maximum absolute atomic E-state index is 11.5. The zero-order chi connectivity index (χ0) is 14.6. The van der Waals surface area contributed by atoms with Crippen LogP contribution in [0, 0.1) is 0 Å². The number of carbonyl (C=O) groups is 2. The highest BCUT2D eigenvalue weighted by Crippen LogP contribution is 2.25. The number of nitrogens with one attached hydrogen (secondary N) is 1. The van der Waals surface area contributed by atoms with Crippen LogP contribution in [0.3, 0.4) is 0 Å². The summed E-state index contributed by atoms with van der Waals surface area (Å²) in [7, 11) is 0. The summed E-state index contributed by atoms with van der Waals surface area (Å²) in [5.41, 5.74) is -0.494. The quantitative estimate of drug-likeness (QED) is 0.792. The maximum atomic E-state index is 11.5. The second-order valence-corrected chi connectivity index (χ2v) is 5.93. The molecule has 1 amide bonds. The van der Waals surface area contributed by atoms with Gasteiger partial charge < -0.3 is 15.2 Å². The number of alkyl carbamates (subject to hydrolysis) is 1. The molecule has 110 valence electrons. The largest absolute Gasteiger partial charge is 0.480 e. The molecule has 1 rings (SSSR count). The lowest BCUT2D eigenvalue weighted by atomic mass is 9.85. The predicted octanol–water partition coefficient (Wildman–Crippen LogP) is 1.45. The summed E-state index contributed by atoms with van der Waals surface area (Å²) in [6.07, 6.45) is 1.15. The molecule has 0 heterocycles. The number of aliphatic carboxylic acids is 1. The fourth-order valence-corrected chi connectivity index (χ4v) is 2.15. The van der Waals surface area contributed by atoms with Crippen molar-refractivity contribution in [3.63, 3.8) is 0 Å². The van der Waals surface area contributed by atoms with Crippen LogP contribution in [0.4, 0.5) is 4.79 Å². The number of carboxylic acids is 1. The monoisotopic (exact) mass is 272 g/mol. The number of hydrogen-bond donors (Lipinski definition) is 2. The van der Waals surface area contributed by atoms with Crippen molar-refractivity contribution in [2.45, 2.75) is 58.2 Å². The topological polar surface area (TPSA) is 78.9 Å². The Kier molecular flexibility index (Phi) is 5.17. The summed E-state index contributed by atoms with van der Waals surface area (Å²) in [5, 5.41) is 11.6. The highest BCUT2D eigenvalue weighted by molar-refractivity contribution is 5.69. The van der Waals surface area contributed by atoms with E-state index in [1.54, 1.807) is 0 Å². The lowest BCUT2D eigenvalue weighted by molar-refractivity contribution is -0.139. The minimum atomic E-state index is -0.814. The molecule has 0 unspecified atom stereocenters. The Morgan fingerprint density at radius 2 is 1.95 bits per heavy atom. The molecule has 2 N–H and O–H groups in total. The summed E-state index contributed by atoms with van der Waals surface area (Å²) < 4.78 is 5.17. The molecule has 0 bridgehead atoms. The van der Waals surface area contributed by atoms with E-state index in [1.165, 1.54) is 0 Å². The van der Waals surface area contributed by atoms with Gasteiger partial charge >= 0.3 is 12.1 Å². The van der Waals surface area contributed by atoms with Crippen LogP contribution in [0.2, 0.25) is 0 Å². The molecule has 0 aromatic heterocycles. The predicted molar refractivity (Wildman–Crippen MR) is 71.1 cm³/mol. The normalized spacial score (nSPS) is 22.8. The fraction of sp³-hybridized carbons (Fsp3) is 0.846. The molecule has 0 aromatic rings. The Bertz CT molecular complexity index is 332.